The predicted molar refractivity (Wildman–Crippen MR) is 106 cm³/mol. The minimum absolute atomic E-state index is 0.856. The summed E-state index contributed by atoms with van der Waals surface area (Å²) in [5, 5.41) is 0. The van der Waals surface area contributed by atoms with Crippen LogP contribution in [-0.4, -0.2) is 0 Å². The third-order valence-electron chi connectivity index (χ3n) is 4.91. The van der Waals surface area contributed by atoms with Crippen LogP contribution in [0.25, 0.3) is 11.1 Å². The molecule has 0 amide bonds. The first-order valence-electron chi connectivity index (χ1n) is 9.22. The Morgan fingerprint density at radius 3 is 2.12 bits per heavy atom. The van der Waals surface area contributed by atoms with Gasteiger partial charge in [0, 0.05) is 5.56 Å². The molecule has 0 radical (unpaired) electrons. The molecular formula is C24H30. The Morgan fingerprint density at radius 2 is 1.58 bits per heavy atom. The van der Waals surface area contributed by atoms with Crippen molar-refractivity contribution in [2.45, 2.75) is 59.8 Å². The second kappa shape index (κ2) is 8.74. The van der Waals surface area contributed by atoms with Crippen molar-refractivity contribution in [3.8, 4) is 23.5 Å². The lowest BCUT2D eigenvalue weighted by molar-refractivity contribution is 0.469. The largest absolute Gasteiger partial charge is 0.115 e. The van der Waals surface area contributed by atoms with E-state index in [-0.39, 0.29) is 0 Å². The lowest BCUT2D eigenvalue weighted by Gasteiger charge is -2.11. The first-order valence-corrected chi connectivity index (χ1v) is 9.22. The van der Waals surface area contributed by atoms with Crippen LogP contribution in [0.4, 0.5) is 0 Å². The average molecular weight is 319 g/mol. The molecule has 2 rings (SSSR count). The zero-order valence-corrected chi connectivity index (χ0v) is 15.7. The van der Waals surface area contributed by atoms with E-state index in [1.165, 1.54) is 59.9 Å². The minimum Gasteiger partial charge on any atom is -0.115 e. The number of terminal acetylenes is 1. The van der Waals surface area contributed by atoms with Crippen molar-refractivity contribution in [3.05, 3.63) is 58.7 Å². The third-order valence-corrected chi connectivity index (χ3v) is 4.91. The lowest BCUT2D eigenvalue weighted by Crippen LogP contribution is -1.95. The number of rotatable bonds is 7. The van der Waals surface area contributed by atoms with E-state index in [1.807, 2.05) is 0 Å². The number of hydrogen-bond donors (Lipinski definition) is 0. The van der Waals surface area contributed by atoms with Gasteiger partial charge in [-0.15, -0.1) is 6.42 Å². The fraction of sp³-hybridized carbons (Fsp3) is 0.417. The summed E-state index contributed by atoms with van der Waals surface area (Å²) in [6, 6.07) is 13.4. The molecule has 0 aliphatic rings. The Bertz CT molecular complexity index is 675. The smallest absolute Gasteiger partial charge is 0.0301 e. The average Bonchev–Trinajstić information content (AvgIpc) is 2.55. The molecule has 0 spiro atoms. The quantitative estimate of drug-likeness (QED) is 0.498. The Labute approximate surface area is 148 Å². The molecule has 0 nitrogen and oxygen atoms in total. The number of hydrogen-bond acceptors (Lipinski definition) is 0. The van der Waals surface area contributed by atoms with Crippen molar-refractivity contribution in [1.82, 2.24) is 0 Å². The van der Waals surface area contributed by atoms with Crippen LogP contribution in [0, 0.1) is 32.1 Å². The highest BCUT2D eigenvalue weighted by Gasteiger charge is 2.06. The van der Waals surface area contributed by atoms with Crippen LogP contribution in [0.2, 0.25) is 0 Å². The van der Waals surface area contributed by atoms with E-state index in [9.17, 15) is 0 Å². The highest BCUT2D eigenvalue weighted by molar-refractivity contribution is 5.67. The fourth-order valence-electron chi connectivity index (χ4n) is 3.51. The fourth-order valence-corrected chi connectivity index (χ4v) is 3.51. The first kappa shape index (κ1) is 18.3. The molecule has 0 aromatic heterocycles. The van der Waals surface area contributed by atoms with Gasteiger partial charge in [0.15, 0.2) is 0 Å². The molecule has 0 saturated heterocycles. The molecule has 0 heteroatoms. The summed E-state index contributed by atoms with van der Waals surface area (Å²) in [6.07, 6.45) is 12.1. The zero-order chi connectivity index (χ0) is 17.5. The molecule has 1 unspecified atom stereocenters. The molecule has 0 fully saturated rings. The Balaban J connectivity index is 2.03. The van der Waals surface area contributed by atoms with Gasteiger partial charge in [-0.2, -0.15) is 0 Å². The van der Waals surface area contributed by atoms with Crippen molar-refractivity contribution in [1.29, 1.82) is 0 Å². The summed E-state index contributed by atoms with van der Waals surface area (Å²) in [5.74, 6) is 3.65. The molecule has 2 aromatic carbocycles. The SMILES string of the molecule is C#Cc1c(C)cc(-c2ccc(CCCC(C)CCC)cc2)cc1C. The first-order chi connectivity index (χ1) is 11.5. The van der Waals surface area contributed by atoms with E-state index in [1.54, 1.807) is 0 Å². The maximum atomic E-state index is 5.60. The Hall–Kier alpha value is -2.00. The summed E-state index contributed by atoms with van der Waals surface area (Å²) >= 11 is 0. The molecule has 0 N–H and O–H groups in total. The van der Waals surface area contributed by atoms with Crippen LogP contribution in [0.1, 0.15) is 61.8 Å². The maximum absolute atomic E-state index is 5.60. The number of aryl methyl sites for hydroxylation is 3. The van der Waals surface area contributed by atoms with Crippen LogP contribution in [0.3, 0.4) is 0 Å². The van der Waals surface area contributed by atoms with Crippen LogP contribution in [0.15, 0.2) is 36.4 Å². The monoisotopic (exact) mass is 318 g/mol. The van der Waals surface area contributed by atoms with Crippen LogP contribution in [0.5, 0.6) is 0 Å². The lowest BCUT2D eigenvalue weighted by atomic mass is 9.94. The summed E-state index contributed by atoms with van der Waals surface area (Å²) in [4.78, 5) is 0. The molecule has 0 saturated carbocycles. The predicted octanol–water partition coefficient (Wildman–Crippen LogP) is 6.71. The molecule has 0 aliphatic heterocycles. The molecule has 1 atom stereocenters. The van der Waals surface area contributed by atoms with Crippen LogP contribution in [-0.2, 0) is 6.42 Å². The van der Waals surface area contributed by atoms with Gasteiger partial charge in [0.05, 0.1) is 0 Å². The van der Waals surface area contributed by atoms with E-state index < -0.39 is 0 Å². The van der Waals surface area contributed by atoms with Crippen molar-refractivity contribution >= 4 is 0 Å². The second-order valence-electron chi connectivity index (χ2n) is 7.11. The van der Waals surface area contributed by atoms with E-state index >= 15 is 0 Å². The van der Waals surface area contributed by atoms with Crippen molar-refractivity contribution in [2.24, 2.45) is 5.92 Å². The van der Waals surface area contributed by atoms with Gasteiger partial charge in [0.2, 0.25) is 0 Å². The van der Waals surface area contributed by atoms with Crippen LogP contribution >= 0.6 is 0 Å². The van der Waals surface area contributed by atoms with Gasteiger partial charge in [-0.3, -0.25) is 0 Å². The second-order valence-corrected chi connectivity index (χ2v) is 7.11. The van der Waals surface area contributed by atoms with Gasteiger partial charge in [-0.05, 0) is 60.4 Å². The van der Waals surface area contributed by atoms with Gasteiger partial charge in [0.25, 0.3) is 0 Å². The molecule has 0 bridgehead atoms. The third kappa shape index (κ3) is 4.75. The van der Waals surface area contributed by atoms with Gasteiger partial charge >= 0.3 is 0 Å². The molecule has 126 valence electrons. The standard InChI is InChI=1S/C24H30/c1-6-9-18(3)10-8-11-21-12-14-22(15-13-21)23-16-19(4)24(7-2)20(5)17-23/h2,12-18H,6,8-11H2,1,3-5H3. The highest BCUT2D eigenvalue weighted by Crippen LogP contribution is 2.26. The molecule has 2 aromatic rings. The van der Waals surface area contributed by atoms with E-state index in [0.717, 1.165) is 11.5 Å². The van der Waals surface area contributed by atoms with Crippen LogP contribution < -0.4 is 0 Å². The normalized spacial score (nSPS) is 12.0. The van der Waals surface area contributed by atoms with E-state index in [2.05, 4.69) is 70.0 Å². The van der Waals surface area contributed by atoms with E-state index in [4.69, 9.17) is 6.42 Å². The van der Waals surface area contributed by atoms with Gasteiger partial charge < -0.3 is 0 Å². The van der Waals surface area contributed by atoms with Crippen molar-refractivity contribution < 1.29 is 0 Å². The summed E-state index contributed by atoms with van der Waals surface area (Å²) in [7, 11) is 0. The molecule has 24 heavy (non-hydrogen) atoms. The summed E-state index contributed by atoms with van der Waals surface area (Å²) < 4.78 is 0. The molecule has 0 heterocycles. The molecular weight excluding hydrogens is 288 g/mol. The Kier molecular flexibility index (Phi) is 6.68. The summed E-state index contributed by atoms with van der Waals surface area (Å²) in [6.45, 7) is 8.83. The zero-order valence-electron chi connectivity index (χ0n) is 15.7. The molecule has 0 aliphatic carbocycles. The van der Waals surface area contributed by atoms with Gasteiger partial charge in [-0.1, -0.05) is 75.4 Å². The maximum Gasteiger partial charge on any atom is 0.0301 e. The van der Waals surface area contributed by atoms with Gasteiger partial charge in [-0.25, -0.2) is 0 Å². The summed E-state index contributed by atoms with van der Waals surface area (Å²) in [5.41, 5.74) is 7.36. The van der Waals surface area contributed by atoms with Gasteiger partial charge in [0.1, 0.15) is 0 Å². The highest BCUT2D eigenvalue weighted by atomic mass is 14.1. The van der Waals surface area contributed by atoms with Crippen molar-refractivity contribution in [2.75, 3.05) is 0 Å². The van der Waals surface area contributed by atoms with Crippen molar-refractivity contribution in [3.63, 3.8) is 0 Å². The topological polar surface area (TPSA) is 0 Å². The Morgan fingerprint density at radius 1 is 0.958 bits per heavy atom. The number of benzene rings is 2. The van der Waals surface area contributed by atoms with E-state index in [0.29, 0.717) is 0 Å². The minimum atomic E-state index is 0.856.